The second-order valence-electron chi connectivity index (χ2n) is 4.61. The van der Waals surface area contributed by atoms with E-state index in [-0.39, 0.29) is 11.8 Å². The van der Waals surface area contributed by atoms with Gasteiger partial charge in [-0.3, -0.25) is 0 Å². The molecule has 2 aromatic rings. The Kier molecular flexibility index (Phi) is 3.90. The number of aromatic nitrogens is 2. The molecule has 0 aliphatic rings. The predicted molar refractivity (Wildman–Crippen MR) is 76.4 cm³/mol. The van der Waals surface area contributed by atoms with Gasteiger partial charge in [-0.2, -0.15) is 5.10 Å². The van der Waals surface area contributed by atoms with Gasteiger partial charge in [-0.15, -0.1) is 0 Å². The van der Waals surface area contributed by atoms with Crippen LogP contribution in [-0.2, 0) is 9.84 Å². The van der Waals surface area contributed by atoms with Crippen molar-refractivity contribution in [3.63, 3.8) is 0 Å². The Morgan fingerprint density at radius 2 is 2.05 bits per heavy atom. The molecule has 1 heterocycles. The lowest BCUT2D eigenvalue weighted by Gasteiger charge is -2.17. The van der Waals surface area contributed by atoms with E-state index in [4.69, 9.17) is 0 Å². The highest BCUT2D eigenvalue weighted by molar-refractivity contribution is 7.90. The van der Waals surface area contributed by atoms with E-state index in [0.717, 1.165) is 11.4 Å². The van der Waals surface area contributed by atoms with Gasteiger partial charge in [-0.1, -0.05) is 12.1 Å². The van der Waals surface area contributed by atoms with Crippen molar-refractivity contribution in [3.8, 4) is 5.69 Å². The topological polar surface area (TPSA) is 64.0 Å². The van der Waals surface area contributed by atoms with Crippen LogP contribution in [0.15, 0.2) is 42.7 Å². The zero-order valence-corrected chi connectivity index (χ0v) is 11.8. The van der Waals surface area contributed by atoms with Crippen LogP contribution in [0, 0.1) is 0 Å². The van der Waals surface area contributed by atoms with E-state index in [1.54, 1.807) is 10.9 Å². The molecule has 0 radical (unpaired) electrons. The summed E-state index contributed by atoms with van der Waals surface area (Å²) in [5.41, 5.74) is 1.76. The van der Waals surface area contributed by atoms with Crippen LogP contribution in [0.2, 0.25) is 0 Å². The molecule has 2 rings (SSSR count). The zero-order valence-electron chi connectivity index (χ0n) is 10.9. The molecule has 0 spiro atoms. The molecule has 0 fully saturated rings. The normalized spacial score (nSPS) is 13.2. The number of rotatable bonds is 5. The number of nitrogens with zero attached hydrogens (tertiary/aromatic N) is 2. The van der Waals surface area contributed by atoms with Crippen molar-refractivity contribution in [2.75, 3.05) is 17.3 Å². The number of nitrogens with one attached hydrogen (secondary N) is 1. The molecule has 0 saturated heterocycles. The fraction of sp³-hybridized carbons (Fsp3) is 0.308. The van der Waals surface area contributed by atoms with Crippen molar-refractivity contribution >= 4 is 15.5 Å². The minimum absolute atomic E-state index is 0.0977. The van der Waals surface area contributed by atoms with E-state index < -0.39 is 9.84 Å². The highest BCUT2D eigenvalue weighted by atomic mass is 32.2. The lowest BCUT2D eigenvalue weighted by Crippen LogP contribution is -2.25. The number of para-hydroxylation sites is 2. The van der Waals surface area contributed by atoms with Gasteiger partial charge in [-0.05, 0) is 25.1 Å². The molecule has 1 N–H and O–H groups in total. The van der Waals surface area contributed by atoms with Gasteiger partial charge < -0.3 is 5.32 Å². The lowest BCUT2D eigenvalue weighted by molar-refractivity contribution is 0.598. The molecule has 0 aliphatic heterocycles. The smallest absolute Gasteiger partial charge is 0.149 e. The molecule has 1 aromatic carbocycles. The summed E-state index contributed by atoms with van der Waals surface area (Å²) >= 11 is 0. The third-order valence-electron chi connectivity index (χ3n) is 2.61. The molecule has 0 bridgehead atoms. The molecule has 102 valence electrons. The second kappa shape index (κ2) is 5.44. The van der Waals surface area contributed by atoms with E-state index in [1.807, 2.05) is 43.5 Å². The maximum atomic E-state index is 11.3. The van der Waals surface area contributed by atoms with Gasteiger partial charge in [0.2, 0.25) is 0 Å². The van der Waals surface area contributed by atoms with Crippen molar-refractivity contribution in [3.05, 3.63) is 42.7 Å². The molecular formula is C13H17N3O2S. The van der Waals surface area contributed by atoms with Gasteiger partial charge in [0.1, 0.15) is 9.84 Å². The van der Waals surface area contributed by atoms with Gasteiger partial charge in [-0.25, -0.2) is 13.1 Å². The van der Waals surface area contributed by atoms with Crippen LogP contribution < -0.4 is 5.32 Å². The first-order chi connectivity index (χ1) is 8.96. The Bertz CT molecular complexity index is 636. The highest BCUT2D eigenvalue weighted by Gasteiger charge is 2.12. The maximum Gasteiger partial charge on any atom is 0.149 e. The summed E-state index contributed by atoms with van der Waals surface area (Å²) < 4.78 is 24.3. The van der Waals surface area contributed by atoms with Crippen LogP contribution in [0.5, 0.6) is 0 Å². The predicted octanol–water partition coefficient (Wildman–Crippen LogP) is 1.72. The quantitative estimate of drug-likeness (QED) is 0.905. The monoisotopic (exact) mass is 279 g/mol. The van der Waals surface area contributed by atoms with Crippen LogP contribution >= 0.6 is 0 Å². The summed E-state index contributed by atoms with van der Waals surface area (Å²) in [6.45, 7) is 1.85. The van der Waals surface area contributed by atoms with E-state index >= 15 is 0 Å². The largest absolute Gasteiger partial charge is 0.380 e. The van der Waals surface area contributed by atoms with Crippen molar-refractivity contribution in [1.82, 2.24) is 9.78 Å². The van der Waals surface area contributed by atoms with Gasteiger partial charge in [0.15, 0.2) is 0 Å². The van der Waals surface area contributed by atoms with Gasteiger partial charge in [0.25, 0.3) is 0 Å². The van der Waals surface area contributed by atoms with Gasteiger partial charge in [0.05, 0.1) is 17.1 Å². The van der Waals surface area contributed by atoms with Crippen LogP contribution in [-0.4, -0.2) is 36.2 Å². The molecular weight excluding hydrogens is 262 g/mol. The molecule has 19 heavy (non-hydrogen) atoms. The van der Waals surface area contributed by atoms with Crippen LogP contribution in [0.1, 0.15) is 6.92 Å². The Morgan fingerprint density at radius 3 is 2.68 bits per heavy atom. The van der Waals surface area contributed by atoms with Crippen LogP contribution in [0.25, 0.3) is 5.69 Å². The van der Waals surface area contributed by atoms with Crippen LogP contribution in [0.3, 0.4) is 0 Å². The van der Waals surface area contributed by atoms with Gasteiger partial charge >= 0.3 is 0 Å². The van der Waals surface area contributed by atoms with E-state index in [0.29, 0.717) is 0 Å². The number of benzene rings is 1. The zero-order chi connectivity index (χ0) is 13.9. The van der Waals surface area contributed by atoms with Crippen molar-refractivity contribution < 1.29 is 8.42 Å². The minimum Gasteiger partial charge on any atom is -0.380 e. The third kappa shape index (κ3) is 3.82. The summed E-state index contributed by atoms with van der Waals surface area (Å²) in [4.78, 5) is 0. The first kappa shape index (κ1) is 13.6. The summed E-state index contributed by atoms with van der Waals surface area (Å²) in [6.07, 6.45) is 4.79. The van der Waals surface area contributed by atoms with Crippen molar-refractivity contribution in [1.29, 1.82) is 0 Å². The van der Waals surface area contributed by atoms with Gasteiger partial charge in [0, 0.05) is 24.7 Å². The standard InChI is InChI=1S/C13H17N3O2S/c1-11(10-19(2,17)18)15-12-6-3-4-7-13(12)16-9-5-8-14-16/h3-9,11,15H,10H2,1-2H3. The number of anilines is 1. The Labute approximate surface area is 113 Å². The fourth-order valence-corrected chi connectivity index (χ4v) is 2.96. The van der Waals surface area contributed by atoms with Crippen molar-refractivity contribution in [2.45, 2.75) is 13.0 Å². The van der Waals surface area contributed by atoms with E-state index in [1.165, 1.54) is 6.26 Å². The summed E-state index contributed by atoms with van der Waals surface area (Å²) in [7, 11) is -3.00. The molecule has 0 aliphatic carbocycles. The fourth-order valence-electron chi connectivity index (χ4n) is 1.97. The minimum atomic E-state index is -3.00. The maximum absolute atomic E-state index is 11.3. The molecule has 1 unspecified atom stereocenters. The first-order valence-electron chi connectivity index (χ1n) is 5.99. The molecule has 5 nitrogen and oxygen atoms in total. The second-order valence-corrected chi connectivity index (χ2v) is 6.79. The SMILES string of the molecule is CC(CS(C)(=O)=O)Nc1ccccc1-n1cccn1. The summed E-state index contributed by atoms with van der Waals surface area (Å²) in [5, 5.41) is 7.40. The Balaban J connectivity index is 2.22. The number of sulfone groups is 1. The average Bonchev–Trinajstić information content (AvgIpc) is 2.80. The number of hydrogen-bond acceptors (Lipinski definition) is 4. The lowest BCUT2D eigenvalue weighted by atomic mass is 10.2. The Morgan fingerprint density at radius 1 is 1.32 bits per heavy atom. The Hall–Kier alpha value is -1.82. The summed E-state index contributed by atoms with van der Waals surface area (Å²) in [5.74, 6) is 0.0977. The van der Waals surface area contributed by atoms with E-state index in [2.05, 4.69) is 10.4 Å². The third-order valence-corrected chi connectivity index (χ3v) is 3.72. The average molecular weight is 279 g/mol. The molecule has 0 amide bonds. The van der Waals surface area contributed by atoms with E-state index in [9.17, 15) is 8.42 Å². The summed E-state index contributed by atoms with van der Waals surface area (Å²) in [6, 6.07) is 9.35. The molecule has 1 atom stereocenters. The van der Waals surface area contributed by atoms with Crippen LogP contribution in [0.4, 0.5) is 5.69 Å². The number of hydrogen-bond donors (Lipinski definition) is 1. The first-order valence-corrected chi connectivity index (χ1v) is 8.05. The molecule has 0 saturated carbocycles. The molecule has 6 heteroatoms. The highest BCUT2D eigenvalue weighted by Crippen LogP contribution is 2.19. The van der Waals surface area contributed by atoms with Crippen molar-refractivity contribution in [2.24, 2.45) is 0 Å². The molecule has 1 aromatic heterocycles.